The quantitative estimate of drug-likeness (QED) is 0.883. The molecule has 4 nitrogen and oxygen atoms in total. The standard InChI is InChI=1S/C12H14BrFO4S/c1-7(2)3-4-19(17,18)10-6-8(13)5-9(11(10)14)12(15)16/h5-7H,3-4H2,1-2H3,(H,15,16). The predicted molar refractivity (Wildman–Crippen MR) is 72.6 cm³/mol. The molecule has 0 unspecified atom stereocenters. The highest BCUT2D eigenvalue weighted by molar-refractivity contribution is 9.10. The zero-order valence-electron chi connectivity index (χ0n) is 10.5. The van der Waals surface area contributed by atoms with Gasteiger partial charge in [-0.15, -0.1) is 0 Å². The van der Waals surface area contributed by atoms with E-state index in [1.807, 2.05) is 13.8 Å². The molecule has 0 aromatic heterocycles. The summed E-state index contributed by atoms with van der Waals surface area (Å²) in [7, 11) is -3.83. The molecule has 0 bridgehead atoms. The molecule has 0 aliphatic heterocycles. The predicted octanol–water partition coefficient (Wildman–Crippen LogP) is 3.11. The Kier molecular flexibility index (Phi) is 5.09. The van der Waals surface area contributed by atoms with Crippen molar-refractivity contribution in [2.45, 2.75) is 25.2 Å². The van der Waals surface area contributed by atoms with Gasteiger partial charge < -0.3 is 5.11 Å². The van der Waals surface area contributed by atoms with Crippen molar-refractivity contribution in [3.8, 4) is 0 Å². The maximum Gasteiger partial charge on any atom is 0.338 e. The third-order valence-electron chi connectivity index (χ3n) is 2.53. The lowest BCUT2D eigenvalue weighted by molar-refractivity contribution is 0.0691. The van der Waals surface area contributed by atoms with E-state index in [1.165, 1.54) is 0 Å². The number of halogens is 2. The van der Waals surface area contributed by atoms with Crippen molar-refractivity contribution in [2.24, 2.45) is 5.92 Å². The maximum absolute atomic E-state index is 13.9. The topological polar surface area (TPSA) is 71.4 Å². The van der Waals surface area contributed by atoms with E-state index in [0.717, 1.165) is 12.1 Å². The number of carboxylic acid groups (broad SMARTS) is 1. The Morgan fingerprint density at radius 2 is 2.00 bits per heavy atom. The first-order chi connectivity index (χ1) is 8.65. The van der Waals surface area contributed by atoms with E-state index in [4.69, 9.17) is 5.11 Å². The van der Waals surface area contributed by atoms with E-state index >= 15 is 0 Å². The van der Waals surface area contributed by atoms with Crippen molar-refractivity contribution in [2.75, 3.05) is 5.75 Å². The normalized spacial score (nSPS) is 11.8. The van der Waals surface area contributed by atoms with E-state index in [9.17, 15) is 17.6 Å². The second kappa shape index (κ2) is 6.00. The van der Waals surface area contributed by atoms with Gasteiger partial charge in [0.25, 0.3) is 0 Å². The minimum absolute atomic E-state index is 0.156. The maximum atomic E-state index is 13.9. The summed E-state index contributed by atoms with van der Waals surface area (Å²) in [5.74, 6) is -2.76. The van der Waals surface area contributed by atoms with Crippen LogP contribution in [0, 0.1) is 11.7 Å². The first kappa shape index (κ1) is 16.1. The zero-order chi connectivity index (χ0) is 14.8. The first-order valence-corrected chi connectivity index (χ1v) is 8.04. The minimum atomic E-state index is -3.83. The summed E-state index contributed by atoms with van der Waals surface area (Å²) in [5.41, 5.74) is -0.655. The van der Waals surface area contributed by atoms with Crippen molar-refractivity contribution < 1.29 is 22.7 Å². The lowest BCUT2D eigenvalue weighted by Crippen LogP contribution is -2.13. The van der Waals surface area contributed by atoms with E-state index < -0.39 is 32.1 Å². The molecule has 106 valence electrons. The highest BCUT2D eigenvalue weighted by Gasteiger charge is 2.25. The molecule has 7 heteroatoms. The molecular weight excluding hydrogens is 339 g/mol. The van der Waals surface area contributed by atoms with Crippen LogP contribution in [-0.2, 0) is 9.84 Å². The Labute approximate surface area is 119 Å². The number of carbonyl (C=O) groups is 1. The number of benzene rings is 1. The largest absolute Gasteiger partial charge is 0.478 e. The highest BCUT2D eigenvalue weighted by Crippen LogP contribution is 2.26. The average Bonchev–Trinajstić information content (AvgIpc) is 2.28. The van der Waals surface area contributed by atoms with Crippen LogP contribution in [0.25, 0.3) is 0 Å². The van der Waals surface area contributed by atoms with Crippen LogP contribution in [0.3, 0.4) is 0 Å². The molecule has 0 saturated carbocycles. The summed E-state index contributed by atoms with van der Waals surface area (Å²) in [6.45, 7) is 3.71. The van der Waals surface area contributed by atoms with Gasteiger partial charge in [-0.3, -0.25) is 0 Å². The van der Waals surface area contributed by atoms with Gasteiger partial charge in [0.15, 0.2) is 15.7 Å². The average molecular weight is 353 g/mol. The van der Waals surface area contributed by atoms with Crippen molar-refractivity contribution in [1.29, 1.82) is 0 Å². The smallest absolute Gasteiger partial charge is 0.338 e. The van der Waals surface area contributed by atoms with Crippen LogP contribution >= 0.6 is 15.9 Å². The third-order valence-corrected chi connectivity index (χ3v) is 4.73. The lowest BCUT2D eigenvalue weighted by atomic mass is 10.2. The Balaban J connectivity index is 3.31. The molecule has 1 aromatic carbocycles. The molecule has 0 radical (unpaired) electrons. The molecule has 0 atom stereocenters. The monoisotopic (exact) mass is 352 g/mol. The van der Waals surface area contributed by atoms with Crippen LogP contribution in [-0.4, -0.2) is 25.2 Å². The van der Waals surface area contributed by atoms with E-state index in [2.05, 4.69) is 15.9 Å². The molecule has 0 saturated heterocycles. The van der Waals surface area contributed by atoms with E-state index in [0.29, 0.717) is 6.42 Å². The summed E-state index contributed by atoms with van der Waals surface area (Å²) < 4.78 is 38.2. The fourth-order valence-corrected chi connectivity index (χ4v) is 3.75. The van der Waals surface area contributed by atoms with Crippen molar-refractivity contribution in [1.82, 2.24) is 0 Å². The molecule has 0 fully saturated rings. The van der Waals surface area contributed by atoms with Gasteiger partial charge in [0.05, 0.1) is 11.3 Å². The van der Waals surface area contributed by atoms with Crippen LogP contribution in [0.2, 0.25) is 0 Å². The number of hydrogen-bond donors (Lipinski definition) is 1. The van der Waals surface area contributed by atoms with Crippen LogP contribution in [0.1, 0.15) is 30.6 Å². The van der Waals surface area contributed by atoms with Crippen molar-refractivity contribution >= 4 is 31.7 Å². The molecular formula is C12H14BrFO4S. The summed E-state index contributed by atoms with van der Waals surface area (Å²) in [5, 5.41) is 8.84. The second-order valence-corrected chi connectivity index (χ2v) is 7.57. The third kappa shape index (κ3) is 4.01. The molecule has 0 aliphatic carbocycles. The molecule has 1 aromatic rings. The van der Waals surface area contributed by atoms with E-state index in [1.54, 1.807) is 0 Å². The summed E-state index contributed by atoms with van der Waals surface area (Å²) in [4.78, 5) is 10.3. The van der Waals surface area contributed by atoms with Gasteiger partial charge in [-0.25, -0.2) is 17.6 Å². The Bertz CT molecular complexity index is 596. The summed E-state index contributed by atoms with van der Waals surface area (Å²) >= 11 is 2.99. The van der Waals surface area contributed by atoms with Gasteiger partial charge in [-0.1, -0.05) is 29.8 Å². The molecule has 0 aliphatic rings. The molecule has 0 spiro atoms. The van der Waals surface area contributed by atoms with Gasteiger partial charge in [-0.05, 0) is 24.5 Å². The SMILES string of the molecule is CC(C)CCS(=O)(=O)c1cc(Br)cc(C(=O)O)c1F. The van der Waals surface area contributed by atoms with Crippen molar-refractivity contribution in [3.05, 3.63) is 28.0 Å². The van der Waals surface area contributed by atoms with Crippen LogP contribution in [0.5, 0.6) is 0 Å². The number of carboxylic acids is 1. The number of rotatable bonds is 5. The second-order valence-electron chi connectivity index (χ2n) is 4.57. The Hall–Kier alpha value is -0.950. The summed E-state index contributed by atoms with van der Waals surface area (Å²) in [6, 6.07) is 2.14. The van der Waals surface area contributed by atoms with Gasteiger partial charge in [0.2, 0.25) is 0 Å². The zero-order valence-corrected chi connectivity index (χ0v) is 12.9. The Morgan fingerprint density at radius 1 is 1.42 bits per heavy atom. The number of hydrogen-bond acceptors (Lipinski definition) is 3. The van der Waals surface area contributed by atoms with Crippen LogP contribution in [0.4, 0.5) is 4.39 Å². The van der Waals surface area contributed by atoms with Crippen molar-refractivity contribution in [3.63, 3.8) is 0 Å². The van der Waals surface area contributed by atoms with Crippen LogP contribution < -0.4 is 0 Å². The van der Waals surface area contributed by atoms with Gasteiger partial charge in [0.1, 0.15) is 4.90 Å². The van der Waals surface area contributed by atoms with Gasteiger partial charge in [0, 0.05) is 4.47 Å². The van der Waals surface area contributed by atoms with Gasteiger partial charge in [-0.2, -0.15) is 0 Å². The number of sulfone groups is 1. The fourth-order valence-electron chi connectivity index (χ4n) is 1.45. The fraction of sp³-hybridized carbons (Fsp3) is 0.417. The number of aromatic carboxylic acids is 1. The molecule has 1 rings (SSSR count). The minimum Gasteiger partial charge on any atom is -0.478 e. The molecule has 19 heavy (non-hydrogen) atoms. The molecule has 1 N–H and O–H groups in total. The molecule has 0 amide bonds. The molecule has 0 heterocycles. The first-order valence-electron chi connectivity index (χ1n) is 5.60. The lowest BCUT2D eigenvalue weighted by Gasteiger charge is -2.09. The summed E-state index contributed by atoms with van der Waals surface area (Å²) in [6.07, 6.45) is 0.386. The van der Waals surface area contributed by atoms with Crippen LogP contribution in [0.15, 0.2) is 21.5 Å². The van der Waals surface area contributed by atoms with E-state index in [-0.39, 0.29) is 16.1 Å². The Morgan fingerprint density at radius 3 is 2.47 bits per heavy atom. The van der Waals surface area contributed by atoms with Gasteiger partial charge >= 0.3 is 5.97 Å². The highest BCUT2D eigenvalue weighted by atomic mass is 79.9.